The number of carbonyl (C=O) groups excluding carboxylic acids is 1. The van der Waals surface area contributed by atoms with Crippen LogP contribution >= 0.6 is 15.9 Å². The maximum Gasteiger partial charge on any atom is 0.322 e. The van der Waals surface area contributed by atoms with Crippen molar-refractivity contribution in [2.75, 3.05) is 18.9 Å². The minimum Gasteiger partial charge on any atom is -0.481 e. The predicted molar refractivity (Wildman–Crippen MR) is 75.1 cm³/mol. The summed E-state index contributed by atoms with van der Waals surface area (Å²) in [5.74, 6) is -1.12. The minimum atomic E-state index is -0.933. The molecule has 0 fully saturated rings. The number of nitrogens with one attached hydrogen (secondary N) is 1. The number of urea groups is 1. The van der Waals surface area contributed by atoms with Crippen LogP contribution in [-0.4, -0.2) is 40.6 Å². The zero-order chi connectivity index (χ0) is 14.6. The van der Waals surface area contributed by atoms with Gasteiger partial charge in [0.25, 0.3) is 0 Å². The number of carbonyl (C=O) groups is 2. The number of nitrogens with zero attached hydrogens (tertiary/aromatic N) is 2. The number of hydrogen-bond acceptors (Lipinski definition) is 3. The highest BCUT2D eigenvalue weighted by molar-refractivity contribution is 9.10. The Morgan fingerprint density at radius 2 is 2.16 bits per heavy atom. The molecule has 1 unspecified atom stereocenters. The standard InChI is InChI=1S/C12H16BrN3O3/c1-7(11(17)18)6-16(3)12(19)15-10-5-4-9(13)8(2)14-10/h4-5,7H,6H2,1-3H3,(H,17,18)(H,14,15,19). The van der Waals surface area contributed by atoms with Crippen molar-refractivity contribution in [3.8, 4) is 0 Å². The molecule has 1 aromatic rings. The second-order valence-corrected chi connectivity index (χ2v) is 5.17. The average molecular weight is 330 g/mol. The van der Waals surface area contributed by atoms with Crippen LogP contribution in [0.15, 0.2) is 16.6 Å². The van der Waals surface area contributed by atoms with Crippen LogP contribution in [0, 0.1) is 12.8 Å². The van der Waals surface area contributed by atoms with Crippen molar-refractivity contribution >= 4 is 33.7 Å². The van der Waals surface area contributed by atoms with Gasteiger partial charge in [0.1, 0.15) is 5.82 Å². The summed E-state index contributed by atoms with van der Waals surface area (Å²) < 4.78 is 0.860. The third-order valence-electron chi connectivity index (χ3n) is 2.57. The van der Waals surface area contributed by atoms with Gasteiger partial charge in [0.15, 0.2) is 0 Å². The Morgan fingerprint density at radius 3 is 2.68 bits per heavy atom. The highest BCUT2D eigenvalue weighted by Crippen LogP contribution is 2.16. The number of hydrogen-bond donors (Lipinski definition) is 2. The summed E-state index contributed by atoms with van der Waals surface area (Å²) >= 11 is 3.32. The van der Waals surface area contributed by atoms with Crippen LogP contribution in [-0.2, 0) is 4.79 Å². The number of aliphatic carboxylic acids is 1. The van der Waals surface area contributed by atoms with E-state index >= 15 is 0 Å². The predicted octanol–water partition coefficient (Wildman–Crippen LogP) is 2.34. The van der Waals surface area contributed by atoms with E-state index in [1.165, 1.54) is 4.90 Å². The van der Waals surface area contributed by atoms with E-state index in [9.17, 15) is 9.59 Å². The van der Waals surface area contributed by atoms with Gasteiger partial charge in [0.05, 0.1) is 11.6 Å². The third-order valence-corrected chi connectivity index (χ3v) is 3.41. The first-order valence-corrected chi connectivity index (χ1v) is 6.48. The molecule has 0 bridgehead atoms. The Bertz CT molecular complexity index is 493. The SMILES string of the molecule is Cc1nc(NC(=O)N(C)CC(C)C(=O)O)ccc1Br. The van der Waals surface area contributed by atoms with Crippen molar-refractivity contribution in [1.29, 1.82) is 0 Å². The van der Waals surface area contributed by atoms with Gasteiger partial charge in [-0.15, -0.1) is 0 Å². The lowest BCUT2D eigenvalue weighted by atomic mass is 10.2. The first-order valence-electron chi connectivity index (χ1n) is 5.69. The summed E-state index contributed by atoms with van der Waals surface area (Å²) in [4.78, 5) is 28.1. The zero-order valence-electron chi connectivity index (χ0n) is 11.0. The Kier molecular flexibility index (Phi) is 5.29. The molecule has 6 nitrogen and oxygen atoms in total. The molecular formula is C12H16BrN3O3. The number of aryl methyl sites for hydroxylation is 1. The Balaban J connectivity index is 2.63. The van der Waals surface area contributed by atoms with E-state index in [0.717, 1.165) is 10.2 Å². The molecule has 0 aromatic carbocycles. The number of aromatic nitrogens is 1. The van der Waals surface area contributed by atoms with Crippen LogP contribution in [0.3, 0.4) is 0 Å². The molecule has 0 saturated heterocycles. The first-order chi connectivity index (χ1) is 8.81. The van der Waals surface area contributed by atoms with Crippen molar-refractivity contribution in [2.45, 2.75) is 13.8 Å². The normalized spacial score (nSPS) is 11.8. The van der Waals surface area contributed by atoms with Crippen molar-refractivity contribution in [3.05, 3.63) is 22.3 Å². The summed E-state index contributed by atoms with van der Waals surface area (Å²) in [6, 6.07) is 3.07. The van der Waals surface area contributed by atoms with Crippen LogP contribution in [0.25, 0.3) is 0 Å². The number of amides is 2. The zero-order valence-corrected chi connectivity index (χ0v) is 12.6. The molecule has 19 heavy (non-hydrogen) atoms. The molecule has 0 aliphatic rings. The monoisotopic (exact) mass is 329 g/mol. The lowest BCUT2D eigenvalue weighted by Crippen LogP contribution is -2.36. The molecule has 0 saturated carbocycles. The molecule has 1 rings (SSSR count). The number of carboxylic acids is 1. The number of pyridine rings is 1. The largest absolute Gasteiger partial charge is 0.481 e. The molecule has 1 heterocycles. The lowest BCUT2D eigenvalue weighted by Gasteiger charge is -2.19. The molecule has 1 aromatic heterocycles. The second-order valence-electron chi connectivity index (χ2n) is 4.31. The Hall–Kier alpha value is -1.63. The van der Waals surface area contributed by atoms with Gasteiger partial charge in [-0.05, 0) is 35.0 Å². The summed E-state index contributed by atoms with van der Waals surface area (Å²) in [5.41, 5.74) is 0.763. The van der Waals surface area contributed by atoms with Crippen LogP contribution in [0.2, 0.25) is 0 Å². The average Bonchev–Trinajstić information content (AvgIpc) is 2.33. The van der Waals surface area contributed by atoms with E-state index < -0.39 is 11.9 Å². The minimum absolute atomic E-state index is 0.136. The molecular weight excluding hydrogens is 314 g/mol. The van der Waals surface area contributed by atoms with E-state index in [1.54, 1.807) is 26.1 Å². The molecule has 2 amide bonds. The molecule has 0 spiro atoms. The van der Waals surface area contributed by atoms with Crippen molar-refractivity contribution in [2.24, 2.45) is 5.92 Å². The van der Waals surface area contributed by atoms with Crippen LogP contribution < -0.4 is 5.32 Å². The molecule has 0 radical (unpaired) electrons. The fourth-order valence-electron chi connectivity index (χ4n) is 1.39. The van der Waals surface area contributed by atoms with Gasteiger partial charge in [-0.25, -0.2) is 9.78 Å². The van der Waals surface area contributed by atoms with Gasteiger partial charge in [0.2, 0.25) is 0 Å². The van der Waals surface area contributed by atoms with E-state index in [0.29, 0.717) is 5.82 Å². The number of anilines is 1. The molecule has 7 heteroatoms. The van der Waals surface area contributed by atoms with E-state index in [4.69, 9.17) is 5.11 Å². The van der Waals surface area contributed by atoms with E-state index in [2.05, 4.69) is 26.2 Å². The van der Waals surface area contributed by atoms with Crippen LogP contribution in [0.5, 0.6) is 0 Å². The van der Waals surface area contributed by atoms with Gasteiger partial charge in [0, 0.05) is 18.1 Å². The molecule has 1 atom stereocenters. The van der Waals surface area contributed by atoms with Crippen molar-refractivity contribution in [3.63, 3.8) is 0 Å². The van der Waals surface area contributed by atoms with Gasteiger partial charge < -0.3 is 10.0 Å². The maximum absolute atomic E-state index is 11.8. The lowest BCUT2D eigenvalue weighted by molar-refractivity contribution is -0.141. The molecule has 104 valence electrons. The number of halogens is 1. The summed E-state index contributed by atoms with van der Waals surface area (Å²) in [6.45, 7) is 3.50. The molecule has 2 N–H and O–H groups in total. The number of carboxylic acid groups (broad SMARTS) is 1. The van der Waals surface area contributed by atoms with Crippen LogP contribution in [0.4, 0.5) is 10.6 Å². The quantitative estimate of drug-likeness (QED) is 0.888. The van der Waals surface area contributed by atoms with Gasteiger partial charge in [-0.3, -0.25) is 10.1 Å². The topological polar surface area (TPSA) is 82.5 Å². The fourth-order valence-corrected chi connectivity index (χ4v) is 1.61. The molecule has 0 aliphatic carbocycles. The maximum atomic E-state index is 11.8. The Labute approximate surface area is 120 Å². The highest BCUT2D eigenvalue weighted by atomic mass is 79.9. The summed E-state index contributed by atoms with van der Waals surface area (Å²) in [5, 5.41) is 11.4. The molecule has 0 aliphatic heterocycles. The van der Waals surface area contributed by atoms with E-state index in [-0.39, 0.29) is 12.6 Å². The number of rotatable bonds is 4. The third kappa shape index (κ3) is 4.51. The van der Waals surface area contributed by atoms with Gasteiger partial charge in [-0.1, -0.05) is 6.92 Å². The van der Waals surface area contributed by atoms with Crippen LogP contribution in [0.1, 0.15) is 12.6 Å². The van der Waals surface area contributed by atoms with Gasteiger partial charge >= 0.3 is 12.0 Å². The smallest absolute Gasteiger partial charge is 0.322 e. The van der Waals surface area contributed by atoms with E-state index in [1.807, 2.05) is 6.92 Å². The fraction of sp³-hybridized carbons (Fsp3) is 0.417. The summed E-state index contributed by atoms with van der Waals surface area (Å²) in [7, 11) is 1.54. The highest BCUT2D eigenvalue weighted by Gasteiger charge is 2.17. The first kappa shape index (κ1) is 15.4. The Morgan fingerprint density at radius 1 is 1.53 bits per heavy atom. The second kappa shape index (κ2) is 6.51. The summed E-state index contributed by atoms with van der Waals surface area (Å²) in [6.07, 6.45) is 0. The van der Waals surface area contributed by atoms with Crippen molar-refractivity contribution in [1.82, 2.24) is 9.88 Å². The van der Waals surface area contributed by atoms with Gasteiger partial charge in [-0.2, -0.15) is 0 Å². The van der Waals surface area contributed by atoms with Crippen molar-refractivity contribution < 1.29 is 14.7 Å².